The molecule has 2 aromatic carbocycles. The van der Waals surface area contributed by atoms with Gasteiger partial charge in [-0.05, 0) is 36.8 Å². The van der Waals surface area contributed by atoms with Crippen LogP contribution in [0.1, 0.15) is 5.69 Å². The average Bonchev–Trinajstić information content (AvgIpc) is 3.06. The maximum absolute atomic E-state index is 6.25. The van der Waals surface area contributed by atoms with Gasteiger partial charge in [-0.1, -0.05) is 30.3 Å². The number of fused-ring (bicyclic) bond motifs is 1. The van der Waals surface area contributed by atoms with E-state index in [-0.39, 0.29) is 0 Å². The average molecular weight is 317 g/mol. The molecule has 0 spiro atoms. The van der Waals surface area contributed by atoms with Crippen LogP contribution in [0.3, 0.4) is 0 Å². The van der Waals surface area contributed by atoms with Crippen LogP contribution in [0.15, 0.2) is 60.9 Å². The lowest BCUT2D eigenvalue weighted by Crippen LogP contribution is -2.05. The Morgan fingerprint density at radius 2 is 1.67 bits per heavy atom. The maximum Gasteiger partial charge on any atom is 0.254 e. The molecule has 0 aliphatic carbocycles. The molecule has 2 heterocycles. The standard InChI is InChI=1S/C18H15N5O/c1-12-16(17(19)23-18(22-12)20-11-21-23)13-7-9-15(10-8-13)24-14-5-3-2-4-6-14/h2-11H,19H2,1H3. The van der Waals surface area contributed by atoms with Gasteiger partial charge >= 0.3 is 0 Å². The molecule has 6 nitrogen and oxygen atoms in total. The van der Waals surface area contributed by atoms with Gasteiger partial charge < -0.3 is 10.5 Å². The first kappa shape index (κ1) is 14.2. The molecule has 0 atom stereocenters. The first-order valence-corrected chi connectivity index (χ1v) is 7.51. The lowest BCUT2D eigenvalue weighted by molar-refractivity contribution is 0.483. The van der Waals surface area contributed by atoms with Crippen molar-refractivity contribution in [1.82, 2.24) is 19.6 Å². The van der Waals surface area contributed by atoms with Crippen molar-refractivity contribution in [1.29, 1.82) is 0 Å². The largest absolute Gasteiger partial charge is 0.457 e. The summed E-state index contributed by atoms with van der Waals surface area (Å²) in [6.07, 6.45) is 1.44. The summed E-state index contributed by atoms with van der Waals surface area (Å²) in [4.78, 5) is 8.52. The third kappa shape index (κ3) is 2.44. The van der Waals surface area contributed by atoms with E-state index in [0.29, 0.717) is 11.6 Å². The van der Waals surface area contributed by atoms with E-state index < -0.39 is 0 Å². The molecule has 0 fully saturated rings. The number of hydrogen-bond acceptors (Lipinski definition) is 5. The van der Waals surface area contributed by atoms with Crippen molar-refractivity contribution in [3.05, 3.63) is 66.6 Å². The van der Waals surface area contributed by atoms with E-state index in [1.807, 2.05) is 61.5 Å². The van der Waals surface area contributed by atoms with Gasteiger partial charge in [0, 0.05) is 5.56 Å². The molecule has 2 aromatic heterocycles. The van der Waals surface area contributed by atoms with Gasteiger partial charge in [-0.3, -0.25) is 0 Å². The van der Waals surface area contributed by atoms with E-state index in [2.05, 4.69) is 15.1 Å². The summed E-state index contributed by atoms with van der Waals surface area (Å²) in [6.45, 7) is 1.91. The molecule has 24 heavy (non-hydrogen) atoms. The Morgan fingerprint density at radius 1 is 0.958 bits per heavy atom. The van der Waals surface area contributed by atoms with Crippen molar-refractivity contribution in [3.8, 4) is 22.6 Å². The first-order valence-electron chi connectivity index (χ1n) is 7.51. The van der Waals surface area contributed by atoms with Crippen molar-refractivity contribution in [2.24, 2.45) is 0 Å². The van der Waals surface area contributed by atoms with E-state index in [1.165, 1.54) is 10.8 Å². The normalized spacial score (nSPS) is 10.9. The number of aryl methyl sites for hydroxylation is 1. The highest BCUT2D eigenvalue weighted by molar-refractivity contribution is 5.77. The van der Waals surface area contributed by atoms with Gasteiger partial charge in [-0.25, -0.2) is 4.98 Å². The number of nitrogens with zero attached hydrogens (tertiary/aromatic N) is 4. The van der Waals surface area contributed by atoms with E-state index in [9.17, 15) is 0 Å². The van der Waals surface area contributed by atoms with E-state index in [0.717, 1.165) is 28.3 Å². The predicted octanol–water partition coefficient (Wildman–Crippen LogP) is 3.47. The number of nitrogens with two attached hydrogens (primary N) is 1. The second-order valence-electron chi connectivity index (χ2n) is 5.37. The van der Waals surface area contributed by atoms with Crippen LogP contribution in [0, 0.1) is 6.92 Å². The van der Waals surface area contributed by atoms with Crippen LogP contribution in [-0.4, -0.2) is 19.6 Å². The molecule has 0 amide bonds. The number of ether oxygens (including phenoxy) is 1. The summed E-state index contributed by atoms with van der Waals surface area (Å²) < 4.78 is 7.35. The fourth-order valence-electron chi connectivity index (χ4n) is 2.65. The summed E-state index contributed by atoms with van der Waals surface area (Å²) in [6, 6.07) is 17.4. The zero-order valence-corrected chi connectivity index (χ0v) is 13.0. The summed E-state index contributed by atoms with van der Waals surface area (Å²) in [5, 5.41) is 4.11. The number of anilines is 1. The molecule has 6 heteroatoms. The van der Waals surface area contributed by atoms with E-state index in [4.69, 9.17) is 10.5 Å². The Labute approximate surface area is 138 Å². The molecule has 118 valence electrons. The van der Waals surface area contributed by atoms with Gasteiger partial charge in [-0.15, -0.1) is 0 Å². The highest BCUT2D eigenvalue weighted by atomic mass is 16.5. The van der Waals surface area contributed by atoms with Crippen molar-refractivity contribution in [2.45, 2.75) is 6.92 Å². The molecule has 0 aliphatic rings. The SMILES string of the molecule is Cc1nc2ncnn2c(N)c1-c1ccc(Oc2ccccc2)cc1. The molecule has 0 aliphatic heterocycles. The van der Waals surface area contributed by atoms with E-state index >= 15 is 0 Å². The second-order valence-corrected chi connectivity index (χ2v) is 5.37. The molecule has 0 bridgehead atoms. The number of nitrogen functional groups attached to an aromatic ring is 1. The smallest absolute Gasteiger partial charge is 0.254 e. The minimum atomic E-state index is 0.498. The van der Waals surface area contributed by atoms with Crippen LogP contribution < -0.4 is 10.5 Å². The molecule has 2 N–H and O–H groups in total. The molecule has 0 saturated heterocycles. The fraction of sp³-hybridized carbons (Fsp3) is 0.0556. The number of rotatable bonds is 3. The Balaban J connectivity index is 1.70. The second kappa shape index (κ2) is 5.66. The summed E-state index contributed by atoms with van der Waals surface area (Å²) >= 11 is 0. The van der Waals surface area contributed by atoms with Crippen LogP contribution in [0.2, 0.25) is 0 Å². The number of hydrogen-bond donors (Lipinski definition) is 1. The fourth-order valence-corrected chi connectivity index (χ4v) is 2.65. The van der Waals surface area contributed by atoms with Crippen molar-refractivity contribution in [2.75, 3.05) is 5.73 Å². The van der Waals surface area contributed by atoms with Crippen LogP contribution >= 0.6 is 0 Å². The van der Waals surface area contributed by atoms with Crippen LogP contribution in [0.4, 0.5) is 5.82 Å². The third-order valence-electron chi connectivity index (χ3n) is 3.77. The maximum atomic E-state index is 6.25. The Bertz CT molecular complexity index is 993. The van der Waals surface area contributed by atoms with Gasteiger partial charge in [-0.2, -0.15) is 14.6 Å². The summed E-state index contributed by atoms with van der Waals surface area (Å²) in [5.41, 5.74) is 8.86. The van der Waals surface area contributed by atoms with Crippen LogP contribution in [0.5, 0.6) is 11.5 Å². The zero-order chi connectivity index (χ0) is 16.5. The molecular formula is C18H15N5O. The highest BCUT2D eigenvalue weighted by Crippen LogP contribution is 2.31. The topological polar surface area (TPSA) is 78.3 Å². The van der Waals surface area contributed by atoms with Crippen LogP contribution in [-0.2, 0) is 0 Å². The van der Waals surface area contributed by atoms with Gasteiger partial charge in [0.15, 0.2) is 0 Å². The lowest BCUT2D eigenvalue weighted by Gasteiger charge is -2.11. The Hall–Kier alpha value is -3.41. The summed E-state index contributed by atoms with van der Waals surface area (Å²) in [5.74, 6) is 2.58. The zero-order valence-electron chi connectivity index (χ0n) is 13.0. The molecule has 4 aromatic rings. The van der Waals surface area contributed by atoms with Gasteiger partial charge in [0.2, 0.25) is 0 Å². The first-order chi connectivity index (χ1) is 11.7. The molecule has 4 rings (SSSR count). The summed E-state index contributed by atoms with van der Waals surface area (Å²) in [7, 11) is 0. The Morgan fingerprint density at radius 3 is 2.42 bits per heavy atom. The van der Waals surface area contributed by atoms with Crippen molar-refractivity contribution in [3.63, 3.8) is 0 Å². The predicted molar refractivity (Wildman–Crippen MR) is 91.9 cm³/mol. The van der Waals surface area contributed by atoms with Gasteiger partial charge in [0.25, 0.3) is 5.78 Å². The van der Waals surface area contributed by atoms with E-state index in [1.54, 1.807) is 0 Å². The lowest BCUT2D eigenvalue weighted by atomic mass is 10.0. The molecule has 0 radical (unpaired) electrons. The number of aromatic nitrogens is 4. The van der Waals surface area contributed by atoms with Gasteiger partial charge in [0.1, 0.15) is 23.6 Å². The monoisotopic (exact) mass is 317 g/mol. The number of benzene rings is 2. The van der Waals surface area contributed by atoms with Crippen molar-refractivity contribution >= 4 is 11.6 Å². The minimum absolute atomic E-state index is 0.498. The third-order valence-corrected chi connectivity index (χ3v) is 3.77. The number of para-hydroxylation sites is 1. The minimum Gasteiger partial charge on any atom is -0.457 e. The van der Waals surface area contributed by atoms with Crippen LogP contribution in [0.25, 0.3) is 16.9 Å². The molecular weight excluding hydrogens is 302 g/mol. The Kier molecular flexibility index (Phi) is 3.35. The van der Waals surface area contributed by atoms with Crippen molar-refractivity contribution < 1.29 is 4.74 Å². The molecule has 0 unspecified atom stereocenters. The molecule has 0 saturated carbocycles. The quantitative estimate of drug-likeness (QED) is 0.626. The van der Waals surface area contributed by atoms with Gasteiger partial charge in [0.05, 0.1) is 5.69 Å². The highest BCUT2D eigenvalue weighted by Gasteiger charge is 2.13.